The monoisotopic (exact) mass is 502 g/mol. The summed E-state index contributed by atoms with van der Waals surface area (Å²) in [5, 5.41) is 14.0. The van der Waals surface area contributed by atoms with Crippen molar-refractivity contribution in [1.82, 2.24) is 29.0 Å². The molecule has 9 heteroatoms. The number of imidazole rings is 1. The number of pyridine rings is 2. The highest BCUT2D eigenvalue weighted by Gasteiger charge is 2.22. The van der Waals surface area contributed by atoms with Gasteiger partial charge in [-0.25, -0.2) is 4.98 Å². The van der Waals surface area contributed by atoms with Gasteiger partial charge in [0.05, 0.1) is 24.5 Å². The van der Waals surface area contributed by atoms with Crippen LogP contribution in [0.3, 0.4) is 0 Å². The number of aromatic nitrogens is 5. The minimum Gasteiger partial charge on any atom is -0.368 e. The molecule has 0 spiro atoms. The maximum atomic E-state index is 12.7. The van der Waals surface area contributed by atoms with E-state index in [1.807, 2.05) is 53.0 Å². The number of piperazine rings is 1. The van der Waals surface area contributed by atoms with E-state index in [2.05, 4.69) is 56.4 Å². The van der Waals surface area contributed by atoms with Crippen LogP contribution in [0.25, 0.3) is 28.0 Å². The second-order valence-electron chi connectivity index (χ2n) is 9.39. The number of hydrogen-bond acceptors (Lipinski definition) is 6. The van der Waals surface area contributed by atoms with Crippen molar-refractivity contribution in [3.8, 4) is 28.5 Å². The van der Waals surface area contributed by atoms with Crippen LogP contribution < -0.4 is 4.90 Å². The van der Waals surface area contributed by atoms with Crippen LogP contribution in [-0.4, -0.2) is 61.1 Å². The molecule has 0 unspecified atom stereocenters. The SMILES string of the molecule is Cn1cc(-c2cc(-c3ccc(N4CCN(C(=O)Cc5ccccn5)CC4)cc3)n3c(C#N)cnc3c2)cn1. The molecule has 188 valence electrons. The molecule has 1 aromatic carbocycles. The molecule has 1 fully saturated rings. The van der Waals surface area contributed by atoms with E-state index >= 15 is 0 Å². The minimum atomic E-state index is 0.116. The summed E-state index contributed by atoms with van der Waals surface area (Å²) in [4.78, 5) is 25.7. The maximum absolute atomic E-state index is 12.7. The van der Waals surface area contributed by atoms with Gasteiger partial charge in [0.15, 0.2) is 0 Å². The van der Waals surface area contributed by atoms with Gasteiger partial charge in [0.2, 0.25) is 5.91 Å². The molecule has 1 aliphatic heterocycles. The zero-order valence-electron chi connectivity index (χ0n) is 21.0. The lowest BCUT2D eigenvalue weighted by Crippen LogP contribution is -2.49. The first-order valence-corrected chi connectivity index (χ1v) is 12.5. The number of nitriles is 1. The minimum absolute atomic E-state index is 0.116. The van der Waals surface area contributed by atoms with Crippen LogP contribution in [0, 0.1) is 11.3 Å². The average Bonchev–Trinajstić information content (AvgIpc) is 3.59. The highest BCUT2D eigenvalue weighted by atomic mass is 16.2. The normalized spacial score (nSPS) is 13.6. The number of carbonyl (C=O) groups excluding carboxylic acids is 1. The number of amides is 1. The Morgan fingerprint density at radius 1 is 0.947 bits per heavy atom. The molecular weight excluding hydrogens is 476 g/mol. The van der Waals surface area contributed by atoms with Gasteiger partial charge in [-0.3, -0.25) is 18.9 Å². The second kappa shape index (κ2) is 9.82. The molecule has 4 aromatic heterocycles. The predicted octanol–water partition coefficient (Wildman–Crippen LogP) is 3.56. The summed E-state index contributed by atoms with van der Waals surface area (Å²) in [6.07, 6.45) is 7.45. The molecule has 6 rings (SSSR count). The van der Waals surface area contributed by atoms with Gasteiger partial charge in [-0.05, 0) is 47.5 Å². The van der Waals surface area contributed by atoms with Crippen molar-refractivity contribution in [3.63, 3.8) is 0 Å². The second-order valence-corrected chi connectivity index (χ2v) is 9.39. The number of anilines is 1. The number of rotatable bonds is 5. The van der Waals surface area contributed by atoms with E-state index in [0.29, 0.717) is 30.9 Å². The van der Waals surface area contributed by atoms with Crippen molar-refractivity contribution in [1.29, 1.82) is 5.26 Å². The standard InChI is InChI=1S/C29H26N8O/c1-34-20-23(18-33-34)22-14-27(37-26(17-30)19-32-28(37)15-22)21-5-7-25(8-6-21)35-10-12-36(13-11-35)29(38)16-24-4-2-3-9-31-24/h2-9,14-15,18-20H,10-13,16H2,1H3. The van der Waals surface area contributed by atoms with Crippen LogP contribution in [0.5, 0.6) is 0 Å². The summed E-state index contributed by atoms with van der Waals surface area (Å²) in [6.45, 7) is 2.91. The molecule has 1 aliphatic rings. The molecule has 0 radical (unpaired) electrons. The summed E-state index contributed by atoms with van der Waals surface area (Å²) in [5.41, 5.74) is 6.98. The third-order valence-corrected chi connectivity index (χ3v) is 6.98. The number of aryl methyl sites for hydroxylation is 1. The van der Waals surface area contributed by atoms with Gasteiger partial charge < -0.3 is 9.80 Å². The lowest BCUT2D eigenvalue weighted by Gasteiger charge is -2.36. The van der Waals surface area contributed by atoms with Crippen LogP contribution in [-0.2, 0) is 18.3 Å². The van der Waals surface area contributed by atoms with Gasteiger partial charge >= 0.3 is 0 Å². The van der Waals surface area contributed by atoms with E-state index < -0.39 is 0 Å². The van der Waals surface area contributed by atoms with Gasteiger partial charge in [0.1, 0.15) is 17.4 Å². The molecule has 1 amide bonds. The maximum Gasteiger partial charge on any atom is 0.228 e. The van der Waals surface area contributed by atoms with Gasteiger partial charge in [0, 0.05) is 62.6 Å². The Hall–Kier alpha value is -4.97. The molecular formula is C29H26N8O. The largest absolute Gasteiger partial charge is 0.368 e. The third kappa shape index (κ3) is 4.48. The highest BCUT2D eigenvalue weighted by molar-refractivity contribution is 5.79. The Morgan fingerprint density at radius 3 is 2.45 bits per heavy atom. The van der Waals surface area contributed by atoms with Crippen LogP contribution in [0.1, 0.15) is 11.4 Å². The predicted molar refractivity (Wildman–Crippen MR) is 144 cm³/mol. The Balaban J connectivity index is 1.22. The Morgan fingerprint density at radius 2 is 1.76 bits per heavy atom. The quantitative estimate of drug-likeness (QED) is 0.365. The lowest BCUT2D eigenvalue weighted by atomic mass is 10.0. The number of benzene rings is 1. The Kier molecular flexibility index (Phi) is 6.06. The summed E-state index contributed by atoms with van der Waals surface area (Å²) in [5.74, 6) is 0.116. The van der Waals surface area contributed by atoms with E-state index in [1.165, 1.54) is 0 Å². The fourth-order valence-corrected chi connectivity index (χ4v) is 4.97. The molecule has 0 bridgehead atoms. The third-order valence-electron chi connectivity index (χ3n) is 6.98. The van der Waals surface area contributed by atoms with Gasteiger partial charge in [-0.1, -0.05) is 18.2 Å². The number of hydrogen-bond donors (Lipinski definition) is 0. The van der Waals surface area contributed by atoms with Gasteiger partial charge in [-0.15, -0.1) is 0 Å². The first-order chi connectivity index (χ1) is 18.6. The molecule has 0 N–H and O–H groups in total. The van der Waals surface area contributed by atoms with E-state index in [4.69, 9.17) is 0 Å². The van der Waals surface area contributed by atoms with Crippen molar-refractivity contribution < 1.29 is 4.79 Å². The Labute approximate surface area is 220 Å². The van der Waals surface area contributed by atoms with Crippen LogP contribution >= 0.6 is 0 Å². The lowest BCUT2D eigenvalue weighted by molar-refractivity contribution is -0.130. The first kappa shape index (κ1) is 23.4. The molecule has 5 heterocycles. The van der Waals surface area contributed by atoms with Crippen LogP contribution in [0.2, 0.25) is 0 Å². The summed E-state index contributed by atoms with van der Waals surface area (Å²) >= 11 is 0. The van der Waals surface area contributed by atoms with Crippen LogP contribution in [0.4, 0.5) is 5.69 Å². The van der Waals surface area contributed by atoms with E-state index in [9.17, 15) is 10.1 Å². The topological polar surface area (TPSA) is 95.3 Å². The highest BCUT2D eigenvalue weighted by Crippen LogP contribution is 2.30. The van der Waals surface area contributed by atoms with Crippen molar-refractivity contribution in [2.45, 2.75) is 6.42 Å². The van der Waals surface area contributed by atoms with Crippen molar-refractivity contribution in [2.75, 3.05) is 31.1 Å². The molecule has 1 saturated heterocycles. The fourth-order valence-electron chi connectivity index (χ4n) is 4.97. The van der Waals surface area contributed by atoms with Crippen molar-refractivity contribution >= 4 is 17.2 Å². The number of fused-ring (bicyclic) bond motifs is 1. The molecule has 0 atom stereocenters. The molecule has 0 saturated carbocycles. The summed E-state index contributed by atoms with van der Waals surface area (Å²) < 4.78 is 3.66. The van der Waals surface area contributed by atoms with Crippen molar-refractivity contribution in [2.24, 2.45) is 7.05 Å². The molecule has 9 nitrogen and oxygen atoms in total. The van der Waals surface area contributed by atoms with E-state index in [-0.39, 0.29) is 5.91 Å². The molecule has 38 heavy (non-hydrogen) atoms. The van der Waals surface area contributed by atoms with E-state index in [1.54, 1.807) is 17.1 Å². The van der Waals surface area contributed by atoms with E-state index in [0.717, 1.165) is 46.9 Å². The number of nitrogens with zero attached hydrogens (tertiary/aromatic N) is 8. The zero-order chi connectivity index (χ0) is 26.1. The first-order valence-electron chi connectivity index (χ1n) is 12.5. The molecule has 5 aromatic rings. The number of carbonyl (C=O) groups is 1. The van der Waals surface area contributed by atoms with Crippen LogP contribution in [0.15, 0.2) is 79.4 Å². The zero-order valence-corrected chi connectivity index (χ0v) is 21.0. The molecule has 0 aliphatic carbocycles. The summed E-state index contributed by atoms with van der Waals surface area (Å²) in [7, 11) is 1.89. The van der Waals surface area contributed by atoms with Gasteiger partial charge in [0.25, 0.3) is 0 Å². The fraction of sp³-hybridized carbons (Fsp3) is 0.207. The van der Waals surface area contributed by atoms with Crippen molar-refractivity contribution in [3.05, 3.63) is 90.8 Å². The smallest absolute Gasteiger partial charge is 0.228 e. The van der Waals surface area contributed by atoms with Gasteiger partial charge in [-0.2, -0.15) is 10.4 Å². The summed E-state index contributed by atoms with van der Waals surface area (Å²) in [6, 6.07) is 20.3. The average molecular weight is 503 g/mol. The Bertz CT molecular complexity index is 1640.